The number of rotatable bonds is 5. The largest absolute Gasteiger partial charge is 0.492 e. The van der Waals surface area contributed by atoms with Gasteiger partial charge < -0.3 is 10.1 Å². The lowest BCUT2D eigenvalue weighted by Gasteiger charge is -2.18. The molecule has 0 aliphatic heterocycles. The Bertz CT molecular complexity index is 589. The van der Waals surface area contributed by atoms with E-state index in [0.29, 0.717) is 6.61 Å². The molecule has 3 heteroatoms. The minimum absolute atomic E-state index is 0.280. The first-order valence-electron chi connectivity index (χ1n) is 7.08. The van der Waals surface area contributed by atoms with Gasteiger partial charge in [0.2, 0.25) is 0 Å². The van der Waals surface area contributed by atoms with Crippen molar-refractivity contribution in [1.82, 2.24) is 0 Å². The summed E-state index contributed by atoms with van der Waals surface area (Å²) in [6, 6.07) is 8.85. The molecule has 1 unspecified atom stereocenters. The van der Waals surface area contributed by atoms with Gasteiger partial charge in [-0.25, -0.2) is 0 Å². The highest BCUT2D eigenvalue weighted by molar-refractivity contribution is 7.12. The van der Waals surface area contributed by atoms with Crippen LogP contribution in [0, 0.1) is 20.8 Å². The van der Waals surface area contributed by atoms with Crippen LogP contribution in [0.15, 0.2) is 24.3 Å². The highest BCUT2D eigenvalue weighted by Crippen LogP contribution is 2.32. The first-order chi connectivity index (χ1) is 9.51. The van der Waals surface area contributed by atoms with E-state index in [0.717, 1.165) is 11.4 Å². The molecule has 2 rings (SSSR count). The molecule has 1 aromatic carbocycles. The van der Waals surface area contributed by atoms with Gasteiger partial charge in [0.15, 0.2) is 0 Å². The van der Waals surface area contributed by atoms with Crippen LogP contribution in [0.3, 0.4) is 0 Å². The van der Waals surface area contributed by atoms with E-state index < -0.39 is 0 Å². The minimum Gasteiger partial charge on any atom is -0.492 e. The molecule has 108 valence electrons. The van der Waals surface area contributed by atoms with Crippen molar-refractivity contribution in [2.45, 2.75) is 40.7 Å². The van der Waals surface area contributed by atoms with Crippen LogP contribution >= 0.6 is 11.3 Å². The van der Waals surface area contributed by atoms with Gasteiger partial charge in [0.05, 0.1) is 12.3 Å². The zero-order valence-corrected chi connectivity index (χ0v) is 13.7. The molecule has 20 heavy (non-hydrogen) atoms. The van der Waals surface area contributed by atoms with E-state index >= 15 is 0 Å². The third-order valence-electron chi connectivity index (χ3n) is 3.35. The molecule has 0 amide bonds. The van der Waals surface area contributed by atoms with Crippen LogP contribution in [-0.2, 0) is 0 Å². The fourth-order valence-electron chi connectivity index (χ4n) is 2.42. The van der Waals surface area contributed by atoms with Crippen molar-refractivity contribution in [2.24, 2.45) is 0 Å². The van der Waals surface area contributed by atoms with Gasteiger partial charge in [0, 0.05) is 15.8 Å². The fraction of sp³-hybridized carbons (Fsp3) is 0.412. The SMILES string of the molecule is CCOc1cc(C)ccc1NC(C)c1cc(C)sc1C. The van der Waals surface area contributed by atoms with E-state index in [1.54, 1.807) is 0 Å². The van der Waals surface area contributed by atoms with Crippen LogP contribution < -0.4 is 10.1 Å². The van der Waals surface area contributed by atoms with E-state index in [1.165, 1.54) is 20.9 Å². The minimum atomic E-state index is 0.280. The van der Waals surface area contributed by atoms with Crippen molar-refractivity contribution in [1.29, 1.82) is 0 Å². The molecule has 1 aromatic heterocycles. The zero-order valence-electron chi connectivity index (χ0n) is 12.9. The maximum Gasteiger partial charge on any atom is 0.142 e. The van der Waals surface area contributed by atoms with E-state index in [9.17, 15) is 0 Å². The highest BCUT2D eigenvalue weighted by Gasteiger charge is 2.13. The normalized spacial score (nSPS) is 12.2. The summed E-state index contributed by atoms with van der Waals surface area (Å²) in [6.07, 6.45) is 0. The van der Waals surface area contributed by atoms with Gasteiger partial charge in [-0.05, 0) is 63.9 Å². The van der Waals surface area contributed by atoms with Crippen molar-refractivity contribution in [2.75, 3.05) is 11.9 Å². The van der Waals surface area contributed by atoms with E-state index in [4.69, 9.17) is 4.74 Å². The zero-order chi connectivity index (χ0) is 14.7. The summed E-state index contributed by atoms with van der Waals surface area (Å²) in [5, 5.41) is 3.57. The molecule has 0 spiro atoms. The average Bonchev–Trinajstić information content (AvgIpc) is 2.72. The van der Waals surface area contributed by atoms with Crippen molar-refractivity contribution < 1.29 is 4.74 Å². The lowest BCUT2D eigenvalue weighted by molar-refractivity contribution is 0.341. The quantitative estimate of drug-likeness (QED) is 0.812. The number of aryl methyl sites for hydroxylation is 3. The number of anilines is 1. The first-order valence-corrected chi connectivity index (χ1v) is 7.89. The predicted octanol–water partition coefficient (Wildman–Crippen LogP) is 5.25. The van der Waals surface area contributed by atoms with Gasteiger partial charge in [0.25, 0.3) is 0 Å². The Labute approximate surface area is 125 Å². The molecular formula is C17H23NOS. The summed E-state index contributed by atoms with van der Waals surface area (Å²) in [4.78, 5) is 2.74. The van der Waals surface area contributed by atoms with E-state index in [1.807, 2.05) is 18.3 Å². The summed E-state index contributed by atoms with van der Waals surface area (Å²) in [5.41, 5.74) is 3.65. The second-order valence-electron chi connectivity index (χ2n) is 5.17. The Kier molecular flexibility index (Phi) is 4.71. The van der Waals surface area contributed by atoms with Gasteiger partial charge in [-0.3, -0.25) is 0 Å². The molecule has 1 N–H and O–H groups in total. The molecule has 2 nitrogen and oxygen atoms in total. The van der Waals surface area contributed by atoms with Crippen LogP contribution in [0.2, 0.25) is 0 Å². The Hall–Kier alpha value is -1.48. The Morgan fingerprint density at radius 2 is 1.95 bits per heavy atom. The summed E-state index contributed by atoms with van der Waals surface area (Å²) < 4.78 is 5.73. The molecular weight excluding hydrogens is 266 g/mol. The standard InChI is InChI=1S/C17H23NOS/c1-6-19-17-9-11(2)7-8-16(17)18-13(4)15-10-12(3)20-14(15)5/h7-10,13,18H,6H2,1-5H3. The maximum atomic E-state index is 5.73. The first kappa shape index (κ1) is 14.9. The summed E-state index contributed by atoms with van der Waals surface area (Å²) >= 11 is 1.85. The van der Waals surface area contributed by atoms with E-state index in [2.05, 4.69) is 57.3 Å². The number of nitrogens with one attached hydrogen (secondary N) is 1. The van der Waals surface area contributed by atoms with Crippen LogP contribution in [0.1, 0.15) is 40.8 Å². The lowest BCUT2D eigenvalue weighted by atomic mass is 10.1. The monoisotopic (exact) mass is 289 g/mol. The highest BCUT2D eigenvalue weighted by atomic mass is 32.1. The van der Waals surface area contributed by atoms with Gasteiger partial charge in [0.1, 0.15) is 5.75 Å². The second-order valence-corrected chi connectivity index (χ2v) is 6.63. The molecule has 0 bridgehead atoms. The Morgan fingerprint density at radius 1 is 1.20 bits per heavy atom. The van der Waals surface area contributed by atoms with Crippen LogP contribution in [0.25, 0.3) is 0 Å². The van der Waals surface area contributed by atoms with Crippen LogP contribution in [0.4, 0.5) is 5.69 Å². The fourth-order valence-corrected chi connectivity index (χ4v) is 3.44. The average molecular weight is 289 g/mol. The van der Waals surface area contributed by atoms with Crippen molar-refractivity contribution in [3.05, 3.63) is 45.1 Å². The van der Waals surface area contributed by atoms with Gasteiger partial charge in [-0.2, -0.15) is 0 Å². The molecule has 0 radical (unpaired) electrons. The molecule has 0 fully saturated rings. The number of hydrogen-bond acceptors (Lipinski definition) is 3. The number of hydrogen-bond donors (Lipinski definition) is 1. The van der Waals surface area contributed by atoms with Crippen LogP contribution in [0.5, 0.6) is 5.75 Å². The molecule has 0 saturated heterocycles. The number of thiophene rings is 1. The topological polar surface area (TPSA) is 21.3 Å². The maximum absolute atomic E-state index is 5.73. The van der Waals surface area contributed by atoms with Crippen molar-refractivity contribution in [3.63, 3.8) is 0 Å². The van der Waals surface area contributed by atoms with Gasteiger partial charge in [-0.1, -0.05) is 6.07 Å². The summed E-state index contributed by atoms with van der Waals surface area (Å²) in [5.74, 6) is 0.934. The third kappa shape index (κ3) is 3.34. The third-order valence-corrected chi connectivity index (χ3v) is 4.34. The molecule has 0 saturated carbocycles. The lowest BCUT2D eigenvalue weighted by Crippen LogP contribution is -2.08. The van der Waals surface area contributed by atoms with Crippen LogP contribution in [-0.4, -0.2) is 6.61 Å². The second kappa shape index (κ2) is 6.31. The van der Waals surface area contributed by atoms with E-state index in [-0.39, 0.29) is 6.04 Å². The van der Waals surface area contributed by atoms with Gasteiger partial charge in [-0.15, -0.1) is 11.3 Å². The molecule has 1 heterocycles. The summed E-state index contributed by atoms with van der Waals surface area (Å²) in [6.45, 7) is 11.3. The Balaban J connectivity index is 2.23. The van der Waals surface area contributed by atoms with Crippen molar-refractivity contribution >= 4 is 17.0 Å². The molecule has 2 aromatic rings. The molecule has 0 aliphatic rings. The summed E-state index contributed by atoms with van der Waals surface area (Å²) in [7, 11) is 0. The number of benzene rings is 1. The number of ether oxygens (including phenoxy) is 1. The van der Waals surface area contributed by atoms with Gasteiger partial charge >= 0.3 is 0 Å². The van der Waals surface area contributed by atoms with Crippen molar-refractivity contribution in [3.8, 4) is 5.75 Å². The molecule has 1 atom stereocenters. The predicted molar refractivity (Wildman–Crippen MR) is 88.2 cm³/mol. The smallest absolute Gasteiger partial charge is 0.142 e. The molecule has 0 aliphatic carbocycles. The Morgan fingerprint density at radius 3 is 2.55 bits per heavy atom.